The molecule has 508 valence electrons. The summed E-state index contributed by atoms with van der Waals surface area (Å²) in [5.74, 6) is 0. The van der Waals surface area contributed by atoms with Crippen molar-refractivity contribution in [3.05, 3.63) is 206 Å². The van der Waals surface area contributed by atoms with Crippen LogP contribution in [0, 0.1) is 0 Å². The topological polar surface area (TPSA) is 73.8 Å². The Hall–Kier alpha value is -6.67. The number of ether oxygens (including phenoxy) is 8. The van der Waals surface area contributed by atoms with Crippen molar-refractivity contribution in [2.45, 2.75) is 103 Å². The molecule has 8 heterocycles. The number of hydrogen-bond donors (Lipinski definition) is 0. The third kappa shape index (κ3) is 18.4. The predicted octanol–water partition coefficient (Wildman–Crippen LogP) is 17.0. The van der Waals surface area contributed by atoms with E-state index in [0.29, 0.717) is 0 Å². The van der Waals surface area contributed by atoms with Crippen molar-refractivity contribution >= 4 is 118 Å². The molecule has 0 bridgehead atoms. The van der Waals surface area contributed by atoms with Crippen molar-refractivity contribution in [3.63, 3.8) is 0 Å². The van der Waals surface area contributed by atoms with E-state index in [2.05, 4.69) is 206 Å². The second-order valence-corrected chi connectivity index (χ2v) is 26.4. The number of hydrogen-bond acceptors (Lipinski definition) is 8. The first kappa shape index (κ1) is 74.5. The molecule has 8 saturated heterocycles. The van der Waals surface area contributed by atoms with Crippen molar-refractivity contribution in [2.75, 3.05) is 106 Å². The molecule has 12 aromatic carbocycles. The summed E-state index contributed by atoms with van der Waals surface area (Å²) in [5, 5.41) is 29.6. The number of rotatable bonds is 0. The Morgan fingerprint density at radius 1 is 0.210 bits per heavy atom. The molecule has 8 aliphatic heterocycles. The monoisotopic (exact) mass is 1320 g/mol. The molecule has 0 aromatic heterocycles. The summed E-state index contributed by atoms with van der Waals surface area (Å²) in [4.78, 5) is 0. The summed E-state index contributed by atoms with van der Waals surface area (Å²) < 4.78 is 39.6. The Kier molecular flexibility index (Phi) is 29.6. The molecule has 10 heteroatoms. The number of benzene rings is 12. The van der Waals surface area contributed by atoms with Gasteiger partial charge >= 0.3 is 37.7 Å². The summed E-state index contributed by atoms with van der Waals surface area (Å²) in [5.41, 5.74) is 2.74. The summed E-state index contributed by atoms with van der Waals surface area (Å²) in [7, 11) is 0. The van der Waals surface area contributed by atoms with Crippen molar-refractivity contribution in [1.29, 1.82) is 0 Å². The van der Waals surface area contributed by atoms with Gasteiger partial charge < -0.3 is 37.9 Å². The van der Waals surface area contributed by atoms with Crippen LogP contribution in [0.15, 0.2) is 206 Å². The van der Waals surface area contributed by atoms with E-state index >= 15 is 0 Å². The van der Waals surface area contributed by atoms with Gasteiger partial charge in [0.1, 0.15) is 0 Å². The van der Waals surface area contributed by atoms with E-state index in [1.165, 1.54) is 232 Å². The van der Waals surface area contributed by atoms with Crippen molar-refractivity contribution < 1.29 is 75.6 Å². The van der Waals surface area contributed by atoms with Crippen LogP contribution in [0.5, 0.6) is 0 Å². The van der Waals surface area contributed by atoms with Gasteiger partial charge in [0.25, 0.3) is 0 Å². The van der Waals surface area contributed by atoms with Crippen molar-refractivity contribution in [1.82, 2.24) is 0 Å². The first-order valence-electron chi connectivity index (χ1n) is 36.9. The Morgan fingerprint density at radius 2 is 0.470 bits per heavy atom. The fourth-order valence-electron chi connectivity index (χ4n) is 14.7. The fourth-order valence-corrected chi connectivity index (χ4v) is 14.7. The fraction of sp³-hybridized carbons (Fsp3) is 0.356. The van der Waals surface area contributed by atoms with E-state index in [0.717, 1.165) is 106 Å². The molecule has 0 amide bonds. The molecule has 8 fully saturated rings. The van der Waals surface area contributed by atoms with Gasteiger partial charge in [-0.05, 0) is 157 Å². The van der Waals surface area contributed by atoms with Crippen LogP contribution in [-0.2, 0) is 37.9 Å². The van der Waals surface area contributed by atoms with Gasteiger partial charge in [0.15, 0.2) is 0 Å². The molecule has 2 aliphatic carbocycles. The van der Waals surface area contributed by atoms with Crippen molar-refractivity contribution in [2.24, 2.45) is 0 Å². The first-order chi connectivity index (χ1) is 48.8. The molecule has 0 radical (unpaired) electrons. The predicted molar refractivity (Wildman–Crippen MR) is 414 cm³/mol. The smallest absolute Gasteiger partial charge is 0.381 e. The van der Waals surface area contributed by atoms with E-state index < -0.39 is 0 Å². The zero-order valence-corrected chi connectivity index (χ0v) is 59.5. The molecule has 8 nitrogen and oxygen atoms in total. The van der Waals surface area contributed by atoms with Crippen LogP contribution >= 0.6 is 0 Å². The second kappa shape index (κ2) is 39.7. The third-order valence-electron chi connectivity index (χ3n) is 19.6. The Bertz CT molecular complexity index is 4350. The average Bonchev–Trinajstić information content (AvgIpc) is 1.54. The summed E-state index contributed by atoms with van der Waals surface area (Å²) in [6.45, 7) is 16.0. The molecule has 100 heavy (non-hydrogen) atoms. The minimum Gasteiger partial charge on any atom is -0.381 e. The SMILES string of the molecule is C1CCOC1.C1CCOC1.C1CCOC1.C1CCOC1.C1CCOC1.C1CCOC1.C1CCOC1.C1CCOC1.[Li+].[Li+].c1ccc2c(c1)c1c3c4ccccc4c4ccccc4c3cc-1c1cccc[c-]12.c1ccc2c(c1)c1ccccc1c1c2c[c-]2c3ccccc3c3ccccc3c12. The van der Waals surface area contributed by atoms with E-state index in [1.54, 1.807) is 0 Å². The summed E-state index contributed by atoms with van der Waals surface area (Å²) >= 11 is 0. The minimum absolute atomic E-state index is 0. The molecule has 0 spiro atoms. The van der Waals surface area contributed by atoms with Gasteiger partial charge in [-0.15, -0.1) is 42.5 Å². The number of fused-ring (bicyclic) bond motifs is 26. The summed E-state index contributed by atoms with van der Waals surface area (Å²) in [6, 6.07) is 75.6. The van der Waals surface area contributed by atoms with E-state index in [-0.39, 0.29) is 37.7 Å². The van der Waals surface area contributed by atoms with Crippen LogP contribution in [0.2, 0.25) is 0 Å². The van der Waals surface area contributed by atoms with Gasteiger partial charge in [-0.3, -0.25) is 0 Å². The molecule has 0 N–H and O–H groups in total. The van der Waals surface area contributed by atoms with Gasteiger partial charge in [-0.1, -0.05) is 240 Å². The zero-order chi connectivity index (χ0) is 66.2. The summed E-state index contributed by atoms with van der Waals surface area (Å²) in [6.07, 6.45) is 20.4. The average molecular weight is 1320 g/mol. The molecule has 0 saturated carbocycles. The van der Waals surface area contributed by atoms with Gasteiger partial charge in [-0.25, -0.2) is 0 Å². The van der Waals surface area contributed by atoms with Crippen LogP contribution in [0.4, 0.5) is 0 Å². The quantitative estimate of drug-likeness (QED) is 0.0845. The van der Waals surface area contributed by atoms with Crippen LogP contribution in [0.3, 0.4) is 0 Å². The molecular weight excluding hydrogens is 1220 g/mol. The maximum Gasteiger partial charge on any atom is 1.00 e. The Labute approximate surface area is 615 Å². The minimum atomic E-state index is 0. The zero-order valence-electron chi connectivity index (χ0n) is 59.5. The van der Waals surface area contributed by atoms with Crippen molar-refractivity contribution in [3.8, 4) is 11.1 Å². The molecular formula is C90H98Li2O8. The molecule has 10 aliphatic rings. The Morgan fingerprint density at radius 3 is 0.840 bits per heavy atom. The molecule has 22 rings (SSSR count). The molecule has 0 unspecified atom stereocenters. The van der Waals surface area contributed by atoms with E-state index in [1.807, 2.05) is 0 Å². The van der Waals surface area contributed by atoms with Crippen LogP contribution in [0.1, 0.15) is 103 Å². The maximum atomic E-state index is 4.94. The standard InChI is InChI=1S/2C29H17.8C4H8O.2Li/c2*1-3-13-22-18(9-1)20-11-5-7-15-24(20)28-26(22)17-27-23-14-4-2-10-19(23)21-12-6-8-16-25(21)29(27)28;8*1-2-4-5-3-1;;/h2*1-17H;8*1-4H2;;/q2*-1;;;;;;;;;2*+1. The van der Waals surface area contributed by atoms with Crippen LogP contribution in [0.25, 0.3) is 130 Å². The van der Waals surface area contributed by atoms with Crippen LogP contribution < -0.4 is 37.7 Å². The normalized spacial score (nSPS) is 16.6. The Balaban J connectivity index is 0.000000129. The van der Waals surface area contributed by atoms with Crippen LogP contribution in [-0.4, -0.2) is 106 Å². The van der Waals surface area contributed by atoms with Gasteiger partial charge in [0.2, 0.25) is 0 Å². The van der Waals surface area contributed by atoms with Gasteiger partial charge in [0.05, 0.1) is 0 Å². The maximum absolute atomic E-state index is 4.94. The molecule has 12 aromatic rings. The first-order valence-corrected chi connectivity index (χ1v) is 36.9. The largest absolute Gasteiger partial charge is 1.00 e. The van der Waals surface area contributed by atoms with Gasteiger partial charge in [0, 0.05) is 106 Å². The second-order valence-electron chi connectivity index (χ2n) is 26.4. The van der Waals surface area contributed by atoms with Gasteiger partial charge in [-0.2, -0.15) is 0 Å². The third-order valence-corrected chi connectivity index (χ3v) is 19.6. The van der Waals surface area contributed by atoms with E-state index in [4.69, 9.17) is 37.9 Å². The van der Waals surface area contributed by atoms with E-state index in [9.17, 15) is 0 Å². The molecule has 0 atom stereocenters.